The average molecular weight is 536 g/mol. The molecule has 2 aromatic carbocycles. The predicted octanol–water partition coefficient (Wildman–Crippen LogP) is 7.12. The zero-order valence-electron chi connectivity index (χ0n) is 24.0. The standard InChI is InChI=1S/C32H45N3O2S/c1-7-32(8-2,26-17-18-30(25(6)21-26)37-24-38-28-15-13-12-14-16-28)27-22-29(35(11-5)23-27)31(36)33-19-20-34(9-3)10-4/h12-18,21-23H,7-11,19-20,24H2,1-6H3,(H,33,36). The third kappa shape index (κ3) is 7.03. The lowest BCUT2D eigenvalue weighted by Gasteiger charge is -2.32. The van der Waals surface area contributed by atoms with Gasteiger partial charge in [-0.1, -0.05) is 69.8 Å². The number of amides is 1. The average Bonchev–Trinajstić information content (AvgIpc) is 3.39. The second kappa shape index (κ2) is 14.5. The maximum absolute atomic E-state index is 13.2. The molecule has 3 rings (SSSR count). The topological polar surface area (TPSA) is 46.5 Å². The van der Waals surface area contributed by atoms with Gasteiger partial charge >= 0.3 is 0 Å². The summed E-state index contributed by atoms with van der Waals surface area (Å²) in [4.78, 5) is 16.7. The van der Waals surface area contributed by atoms with Crippen LogP contribution in [0, 0.1) is 6.92 Å². The van der Waals surface area contributed by atoms with Crippen molar-refractivity contribution >= 4 is 17.7 Å². The summed E-state index contributed by atoms with van der Waals surface area (Å²) in [6.45, 7) is 17.3. The summed E-state index contributed by atoms with van der Waals surface area (Å²) in [5, 5.41) is 3.14. The van der Waals surface area contributed by atoms with Gasteiger partial charge in [-0.05, 0) is 80.7 Å². The van der Waals surface area contributed by atoms with Gasteiger partial charge in [-0.3, -0.25) is 4.79 Å². The van der Waals surface area contributed by atoms with Crippen LogP contribution in [-0.2, 0) is 12.0 Å². The number of hydrogen-bond acceptors (Lipinski definition) is 4. The van der Waals surface area contributed by atoms with E-state index >= 15 is 0 Å². The van der Waals surface area contributed by atoms with Gasteiger partial charge in [0.2, 0.25) is 0 Å². The van der Waals surface area contributed by atoms with Crippen LogP contribution in [0.25, 0.3) is 0 Å². The van der Waals surface area contributed by atoms with E-state index in [1.807, 2.05) is 18.2 Å². The van der Waals surface area contributed by atoms with Crippen molar-refractivity contribution in [2.45, 2.75) is 71.2 Å². The second-order valence-corrected chi connectivity index (χ2v) is 10.7. The van der Waals surface area contributed by atoms with Crippen LogP contribution in [0.3, 0.4) is 0 Å². The first kappa shape index (κ1) is 29.9. The molecule has 38 heavy (non-hydrogen) atoms. The number of aromatic nitrogens is 1. The fourth-order valence-corrected chi connectivity index (χ4v) is 5.87. The Labute approximate surface area is 234 Å². The van der Waals surface area contributed by atoms with Crippen molar-refractivity contribution in [3.63, 3.8) is 0 Å². The molecular formula is C32H45N3O2S. The summed E-state index contributed by atoms with van der Waals surface area (Å²) in [7, 11) is 0. The Morgan fingerprint density at radius 3 is 2.29 bits per heavy atom. The maximum Gasteiger partial charge on any atom is 0.267 e. The van der Waals surface area contributed by atoms with Crippen molar-refractivity contribution < 1.29 is 9.53 Å². The SMILES string of the molecule is CCN(CC)CCNC(=O)c1cc(C(CC)(CC)c2ccc(OCSc3ccccc3)c(C)c2)cn1CC. The molecule has 1 aromatic heterocycles. The lowest BCUT2D eigenvalue weighted by atomic mass is 9.71. The lowest BCUT2D eigenvalue weighted by Crippen LogP contribution is -2.35. The van der Waals surface area contributed by atoms with Gasteiger partial charge in [-0.25, -0.2) is 0 Å². The number of carbonyl (C=O) groups is 1. The third-order valence-electron chi connectivity index (χ3n) is 7.75. The van der Waals surface area contributed by atoms with Crippen LogP contribution in [0.15, 0.2) is 65.7 Å². The maximum atomic E-state index is 13.2. The quantitative estimate of drug-likeness (QED) is 0.166. The summed E-state index contributed by atoms with van der Waals surface area (Å²) in [6.07, 6.45) is 4.08. The summed E-state index contributed by atoms with van der Waals surface area (Å²) >= 11 is 1.69. The number of rotatable bonds is 15. The van der Waals surface area contributed by atoms with Crippen molar-refractivity contribution in [2.24, 2.45) is 0 Å². The highest BCUT2D eigenvalue weighted by Crippen LogP contribution is 2.41. The molecule has 1 heterocycles. The Bertz CT molecular complexity index is 1150. The molecule has 5 nitrogen and oxygen atoms in total. The molecule has 0 atom stereocenters. The van der Waals surface area contributed by atoms with Gasteiger partial charge in [0, 0.05) is 36.1 Å². The molecule has 0 saturated carbocycles. The summed E-state index contributed by atoms with van der Waals surface area (Å²) in [5.74, 6) is 1.49. The Morgan fingerprint density at radius 2 is 1.68 bits per heavy atom. The number of ether oxygens (including phenoxy) is 1. The van der Waals surface area contributed by atoms with Crippen molar-refractivity contribution in [1.29, 1.82) is 0 Å². The molecule has 0 aliphatic heterocycles. The van der Waals surface area contributed by atoms with E-state index in [0.717, 1.165) is 56.0 Å². The van der Waals surface area contributed by atoms with Gasteiger partial charge in [0.25, 0.3) is 5.91 Å². The monoisotopic (exact) mass is 535 g/mol. The fraction of sp³-hybridized carbons (Fsp3) is 0.469. The van der Waals surface area contributed by atoms with E-state index in [0.29, 0.717) is 12.5 Å². The fourth-order valence-electron chi connectivity index (χ4n) is 5.20. The second-order valence-electron chi connectivity index (χ2n) is 9.67. The van der Waals surface area contributed by atoms with Crippen molar-refractivity contribution in [2.75, 3.05) is 32.1 Å². The third-order valence-corrected chi connectivity index (χ3v) is 8.59. The van der Waals surface area contributed by atoms with Gasteiger partial charge in [0.1, 0.15) is 17.4 Å². The molecule has 0 aliphatic carbocycles. The summed E-state index contributed by atoms with van der Waals surface area (Å²) < 4.78 is 8.22. The summed E-state index contributed by atoms with van der Waals surface area (Å²) in [5.41, 5.74) is 4.17. The summed E-state index contributed by atoms with van der Waals surface area (Å²) in [6, 6.07) is 19.0. The molecule has 0 radical (unpaired) electrons. The van der Waals surface area contributed by atoms with Gasteiger partial charge in [-0.2, -0.15) is 0 Å². The van der Waals surface area contributed by atoms with Crippen LogP contribution in [0.2, 0.25) is 0 Å². The Morgan fingerprint density at radius 1 is 0.974 bits per heavy atom. The van der Waals surface area contributed by atoms with E-state index in [4.69, 9.17) is 4.74 Å². The van der Waals surface area contributed by atoms with E-state index in [1.54, 1.807) is 11.8 Å². The first-order chi connectivity index (χ1) is 18.4. The number of nitrogens with zero attached hydrogens (tertiary/aromatic N) is 2. The van der Waals surface area contributed by atoms with E-state index in [9.17, 15) is 4.79 Å². The first-order valence-corrected chi connectivity index (χ1v) is 15.0. The Kier molecular flexibility index (Phi) is 11.4. The van der Waals surface area contributed by atoms with E-state index < -0.39 is 0 Å². The highest BCUT2D eigenvalue weighted by atomic mass is 32.2. The molecule has 0 saturated heterocycles. The minimum Gasteiger partial charge on any atom is -0.482 e. The van der Waals surface area contributed by atoms with Gasteiger partial charge in [0.15, 0.2) is 0 Å². The van der Waals surface area contributed by atoms with E-state index in [2.05, 4.69) is 98.9 Å². The first-order valence-electron chi connectivity index (χ1n) is 14.0. The molecule has 0 spiro atoms. The highest BCUT2D eigenvalue weighted by Gasteiger charge is 2.33. The van der Waals surface area contributed by atoms with Crippen molar-refractivity contribution in [1.82, 2.24) is 14.8 Å². The van der Waals surface area contributed by atoms with Crippen molar-refractivity contribution in [3.05, 3.63) is 83.2 Å². The van der Waals surface area contributed by atoms with Crippen LogP contribution in [-0.4, -0.2) is 47.5 Å². The smallest absolute Gasteiger partial charge is 0.267 e. The molecule has 0 bridgehead atoms. The minimum absolute atomic E-state index is 0.00204. The number of likely N-dealkylation sites (N-methyl/N-ethyl adjacent to an activating group) is 1. The van der Waals surface area contributed by atoms with Gasteiger partial charge < -0.3 is 19.5 Å². The number of hydrogen-bond donors (Lipinski definition) is 1. The van der Waals surface area contributed by atoms with Gasteiger partial charge in [-0.15, -0.1) is 0 Å². The molecule has 1 N–H and O–H groups in total. The number of thioether (sulfide) groups is 1. The van der Waals surface area contributed by atoms with Crippen LogP contribution in [0.1, 0.15) is 74.6 Å². The number of benzene rings is 2. The molecule has 0 fully saturated rings. The minimum atomic E-state index is -0.168. The number of nitrogens with one attached hydrogen (secondary N) is 1. The van der Waals surface area contributed by atoms with Crippen LogP contribution in [0.4, 0.5) is 0 Å². The number of aryl methyl sites for hydroxylation is 2. The lowest BCUT2D eigenvalue weighted by molar-refractivity contribution is 0.0939. The zero-order valence-corrected chi connectivity index (χ0v) is 24.9. The molecule has 0 unspecified atom stereocenters. The Hall–Kier alpha value is -2.70. The molecule has 206 valence electrons. The molecule has 6 heteroatoms. The van der Waals surface area contributed by atoms with E-state index in [1.165, 1.54) is 16.0 Å². The predicted molar refractivity (Wildman–Crippen MR) is 161 cm³/mol. The molecule has 3 aromatic rings. The van der Waals surface area contributed by atoms with Crippen LogP contribution < -0.4 is 10.1 Å². The van der Waals surface area contributed by atoms with Gasteiger partial charge in [0.05, 0.1) is 0 Å². The molecule has 0 aliphatic rings. The van der Waals surface area contributed by atoms with Crippen molar-refractivity contribution in [3.8, 4) is 5.75 Å². The highest BCUT2D eigenvalue weighted by molar-refractivity contribution is 7.99. The van der Waals surface area contributed by atoms with E-state index in [-0.39, 0.29) is 11.3 Å². The largest absolute Gasteiger partial charge is 0.482 e. The number of carbonyl (C=O) groups excluding carboxylic acids is 1. The molecule has 1 amide bonds. The Balaban J connectivity index is 1.79. The zero-order chi connectivity index (χ0) is 27.5. The normalized spacial score (nSPS) is 11.7. The molecular weight excluding hydrogens is 490 g/mol. The van der Waals surface area contributed by atoms with Crippen LogP contribution in [0.5, 0.6) is 5.75 Å². The van der Waals surface area contributed by atoms with Crippen LogP contribution >= 0.6 is 11.8 Å².